The predicted octanol–water partition coefficient (Wildman–Crippen LogP) is 1.70. The number of carbonyl (C=O) groups excluding carboxylic acids is 1. The minimum Gasteiger partial charge on any atom is -0.281 e. The average molecular weight is 170 g/mol. The molecule has 0 atom stereocenters. The molecular weight excluding hydrogens is 162 g/mol. The lowest BCUT2D eigenvalue weighted by Crippen LogP contribution is -1.97. The molecule has 0 bridgehead atoms. The SMILES string of the molecule is Cc1ncccc1CC(=O)Cl. The van der Waals surface area contributed by atoms with Crippen LogP contribution in [0.25, 0.3) is 0 Å². The molecule has 0 fully saturated rings. The molecule has 1 rings (SSSR count). The highest BCUT2D eigenvalue weighted by Crippen LogP contribution is 2.05. The maximum absolute atomic E-state index is 10.5. The number of pyridine rings is 1. The third-order valence-corrected chi connectivity index (χ3v) is 1.58. The Kier molecular flexibility index (Phi) is 2.60. The third kappa shape index (κ3) is 2.31. The van der Waals surface area contributed by atoms with Crippen LogP contribution in [0, 0.1) is 6.92 Å². The first-order chi connectivity index (χ1) is 5.20. The Bertz CT molecular complexity index is 273. The molecule has 0 aliphatic rings. The summed E-state index contributed by atoms with van der Waals surface area (Å²) < 4.78 is 0. The predicted molar refractivity (Wildman–Crippen MR) is 43.5 cm³/mol. The van der Waals surface area contributed by atoms with Gasteiger partial charge in [0.15, 0.2) is 0 Å². The molecule has 0 aliphatic heterocycles. The number of carbonyl (C=O) groups is 1. The number of halogens is 1. The molecule has 0 spiro atoms. The van der Waals surface area contributed by atoms with Gasteiger partial charge in [-0.05, 0) is 30.2 Å². The van der Waals surface area contributed by atoms with E-state index in [-0.39, 0.29) is 11.7 Å². The molecule has 1 heterocycles. The minimum atomic E-state index is -0.346. The minimum absolute atomic E-state index is 0.265. The van der Waals surface area contributed by atoms with E-state index in [4.69, 9.17) is 11.6 Å². The zero-order valence-electron chi connectivity index (χ0n) is 6.17. The molecule has 58 valence electrons. The fraction of sp³-hybridized carbons (Fsp3) is 0.250. The number of rotatable bonds is 2. The van der Waals surface area contributed by atoms with E-state index in [1.54, 1.807) is 12.3 Å². The molecule has 1 aromatic rings. The van der Waals surface area contributed by atoms with E-state index in [2.05, 4.69) is 4.98 Å². The normalized spacial score (nSPS) is 9.64. The number of nitrogens with zero attached hydrogens (tertiary/aromatic N) is 1. The van der Waals surface area contributed by atoms with E-state index in [1.165, 1.54) is 0 Å². The van der Waals surface area contributed by atoms with Crippen molar-refractivity contribution in [3.63, 3.8) is 0 Å². The van der Waals surface area contributed by atoms with Crippen LogP contribution < -0.4 is 0 Å². The molecule has 0 N–H and O–H groups in total. The van der Waals surface area contributed by atoms with Crippen molar-refractivity contribution in [2.24, 2.45) is 0 Å². The van der Waals surface area contributed by atoms with Crippen molar-refractivity contribution in [2.45, 2.75) is 13.3 Å². The quantitative estimate of drug-likeness (QED) is 0.631. The summed E-state index contributed by atoms with van der Waals surface area (Å²) >= 11 is 5.22. The Morgan fingerprint density at radius 3 is 3.00 bits per heavy atom. The molecular formula is C8H8ClNO. The lowest BCUT2D eigenvalue weighted by molar-refractivity contribution is -0.111. The van der Waals surface area contributed by atoms with Crippen LogP contribution in [0.4, 0.5) is 0 Å². The van der Waals surface area contributed by atoms with Crippen molar-refractivity contribution in [2.75, 3.05) is 0 Å². The smallest absolute Gasteiger partial charge is 0.226 e. The van der Waals surface area contributed by atoms with E-state index in [0.717, 1.165) is 11.3 Å². The number of hydrogen-bond donors (Lipinski definition) is 0. The summed E-state index contributed by atoms with van der Waals surface area (Å²) in [6.45, 7) is 1.86. The van der Waals surface area contributed by atoms with Gasteiger partial charge in [-0.3, -0.25) is 9.78 Å². The largest absolute Gasteiger partial charge is 0.281 e. The number of aryl methyl sites for hydroxylation is 1. The van der Waals surface area contributed by atoms with E-state index in [1.807, 2.05) is 13.0 Å². The van der Waals surface area contributed by atoms with Crippen molar-refractivity contribution < 1.29 is 4.79 Å². The van der Waals surface area contributed by atoms with Crippen LogP contribution in [-0.4, -0.2) is 10.2 Å². The highest BCUT2D eigenvalue weighted by molar-refractivity contribution is 6.63. The Morgan fingerprint density at radius 2 is 2.45 bits per heavy atom. The molecule has 3 heteroatoms. The summed E-state index contributed by atoms with van der Waals surface area (Å²) in [7, 11) is 0. The van der Waals surface area contributed by atoms with Crippen LogP contribution in [0.15, 0.2) is 18.3 Å². The van der Waals surface area contributed by atoms with Crippen molar-refractivity contribution in [3.8, 4) is 0 Å². The van der Waals surface area contributed by atoms with Gasteiger partial charge >= 0.3 is 0 Å². The highest BCUT2D eigenvalue weighted by atomic mass is 35.5. The van der Waals surface area contributed by atoms with Gasteiger partial charge in [0.1, 0.15) is 0 Å². The van der Waals surface area contributed by atoms with Gasteiger partial charge in [-0.15, -0.1) is 0 Å². The second kappa shape index (κ2) is 3.49. The molecule has 11 heavy (non-hydrogen) atoms. The first-order valence-electron chi connectivity index (χ1n) is 3.29. The summed E-state index contributed by atoms with van der Waals surface area (Å²) in [6, 6.07) is 3.64. The average Bonchev–Trinajstić information content (AvgIpc) is 1.93. The molecule has 0 amide bonds. The fourth-order valence-corrected chi connectivity index (χ4v) is 0.998. The van der Waals surface area contributed by atoms with Crippen LogP contribution in [0.1, 0.15) is 11.3 Å². The highest BCUT2D eigenvalue weighted by Gasteiger charge is 2.01. The number of aromatic nitrogens is 1. The molecule has 1 aromatic heterocycles. The van der Waals surface area contributed by atoms with Crippen LogP contribution >= 0.6 is 11.6 Å². The molecule has 0 saturated heterocycles. The van der Waals surface area contributed by atoms with Gasteiger partial charge in [-0.25, -0.2) is 0 Å². The zero-order chi connectivity index (χ0) is 8.27. The summed E-state index contributed by atoms with van der Waals surface area (Å²) in [4.78, 5) is 14.5. The van der Waals surface area contributed by atoms with Crippen molar-refractivity contribution >= 4 is 16.8 Å². The summed E-state index contributed by atoms with van der Waals surface area (Å²) in [5, 5.41) is -0.346. The topological polar surface area (TPSA) is 30.0 Å². The maximum atomic E-state index is 10.5. The molecule has 0 aliphatic carbocycles. The zero-order valence-corrected chi connectivity index (χ0v) is 6.93. The van der Waals surface area contributed by atoms with Crippen molar-refractivity contribution in [3.05, 3.63) is 29.6 Å². The second-order valence-electron chi connectivity index (χ2n) is 2.28. The molecule has 0 radical (unpaired) electrons. The Hall–Kier alpha value is -0.890. The van der Waals surface area contributed by atoms with Gasteiger partial charge in [-0.1, -0.05) is 6.07 Å². The first-order valence-corrected chi connectivity index (χ1v) is 3.67. The van der Waals surface area contributed by atoms with E-state index < -0.39 is 0 Å². The number of hydrogen-bond acceptors (Lipinski definition) is 2. The third-order valence-electron chi connectivity index (χ3n) is 1.45. The van der Waals surface area contributed by atoms with E-state index in [0.29, 0.717) is 0 Å². The van der Waals surface area contributed by atoms with Crippen molar-refractivity contribution in [1.29, 1.82) is 0 Å². The van der Waals surface area contributed by atoms with Crippen LogP contribution in [0.3, 0.4) is 0 Å². The fourth-order valence-electron chi connectivity index (χ4n) is 0.854. The lowest BCUT2D eigenvalue weighted by atomic mass is 10.1. The van der Waals surface area contributed by atoms with Gasteiger partial charge in [-0.2, -0.15) is 0 Å². The summed E-state index contributed by atoms with van der Waals surface area (Å²) in [5.74, 6) is 0. The van der Waals surface area contributed by atoms with Gasteiger partial charge in [0.25, 0.3) is 0 Å². The van der Waals surface area contributed by atoms with E-state index >= 15 is 0 Å². The molecule has 0 saturated carbocycles. The summed E-state index contributed by atoms with van der Waals surface area (Å²) in [5.41, 5.74) is 1.76. The summed E-state index contributed by atoms with van der Waals surface area (Å²) in [6.07, 6.45) is 1.96. The van der Waals surface area contributed by atoms with Gasteiger partial charge in [0.05, 0.1) is 0 Å². The Balaban J connectivity index is 2.86. The Morgan fingerprint density at radius 1 is 1.73 bits per heavy atom. The van der Waals surface area contributed by atoms with Gasteiger partial charge < -0.3 is 0 Å². The van der Waals surface area contributed by atoms with Gasteiger partial charge in [0, 0.05) is 18.3 Å². The van der Waals surface area contributed by atoms with Crippen LogP contribution in [0.2, 0.25) is 0 Å². The lowest BCUT2D eigenvalue weighted by Gasteiger charge is -1.98. The van der Waals surface area contributed by atoms with Gasteiger partial charge in [0.2, 0.25) is 5.24 Å². The standard InChI is InChI=1S/C8H8ClNO/c1-6-7(5-8(9)11)3-2-4-10-6/h2-4H,5H2,1H3. The van der Waals surface area contributed by atoms with Crippen LogP contribution in [-0.2, 0) is 11.2 Å². The molecule has 0 aromatic carbocycles. The Labute approximate surface area is 70.2 Å². The maximum Gasteiger partial charge on any atom is 0.226 e. The first kappa shape index (κ1) is 8.21. The molecule has 2 nitrogen and oxygen atoms in total. The van der Waals surface area contributed by atoms with E-state index in [9.17, 15) is 4.79 Å². The van der Waals surface area contributed by atoms with Crippen LogP contribution in [0.5, 0.6) is 0 Å². The monoisotopic (exact) mass is 169 g/mol. The molecule has 0 unspecified atom stereocenters. The second-order valence-corrected chi connectivity index (χ2v) is 2.70. The van der Waals surface area contributed by atoms with Crippen molar-refractivity contribution in [1.82, 2.24) is 4.98 Å².